The van der Waals surface area contributed by atoms with Gasteiger partial charge in [0.25, 0.3) is 5.91 Å². The molecular formula is C15H29NO2. The monoisotopic (exact) mass is 255 g/mol. The zero-order valence-electron chi connectivity index (χ0n) is 12.6. The van der Waals surface area contributed by atoms with Gasteiger partial charge in [-0.15, -0.1) is 0 Å². The van der Waals surface area contributed by atoms with Crippen molar-refractivity contribution in [3.63, 3.8) is 0 Å². The van der Waals surface area contributed by atoms with Crippen LogP contribution in [0.3, 0.4) is 0 Å². The Kier molecular flexibility index (Phi) is 5.20. The predicted molar refractivity (Wildman–Crippen MR) is 74.2 cm³/mol. The van der Waals surface area contributed by atoms with Crippen LogP contribution in [-0.2, 0) is 4.79 Å². The lowest BCUT2D eigenvalue weighted by Gasteiger charge is -2.35. The van der Waals surface area contributed by atoms with E-state index in [0.29, 0.717) is 12.3 Å². The fraction of sp³-hybridized carbons (Fsp3) is 0.933. The lowest BCUT2D eigenvalue weighted by atomic mass is 9.85. The number of hydrogen-bond donors (Lipinski definition) is 1. The Labute approximate surface area is 112 Å². The molecule has 3 nitrogen and oxygen atoms in total. The molecule has 1 fully saturated rings. The quantitative estimate of drug-likeness (QED) is 0.842. The van der Waals surface area contributed by atoms with Crippen molar-refractivity contribution >= 4 is 5.91 Å². The van der Waals surface area contributed by atoms with Crippen molar-refractivity contribution in [2.45, 2.75) is 60.0 Å². The molecule has 0 spiro atoms. The summed E-state index contributed by atoms with van der Waals surface area (Å²) in [6, 6.07) is 0. The minimum absolute atomic E-state index is 0.00860. The standard InChI is InChI=1S/C15H29NO2/c1-11(2)12-6-8-16(9-7-12)14(18)13(17)10-15(3,4)5/h11-13,17H,6-10H2,1-5H3/t13-/m0/s1. The molecular weight excluding hydrogens is 226 g/mol. The number of hydrogen-bond acceptors (Lipinski definition) is 2. The average molecular weight is 255 g/mol. The first kappa shape index (κ1) is 15.5. The second kappa shape index (κ2) is 6.05. The molecule has 1 saturated heterocycles. The van der Waals surface area contributed by atoms with Gasteiger partial charge < -0.3 is 10.0 Å². The highest BCUT2D eigenvalue weighted by Gasteiger charge is 2.30. The molecule has 1 amide bonds. The molecule has 0 unspecified atom stereocenters. The molecule has 0 aromatic rings. The number of nitrogens with zero attached hydrogens (tertiary/aromatic N) is 1. The number of amides is 1. The molecule has 1 rings (SSSR count). The number of carbonyl (C=O) groups is 1. The lowest BCUT2D eigenvalue weighted by Crippen LogP contribution is -2.45. The number of likely N-dealkylation sites (tertiary alicyclic amines) is 1. The summed E-state index contributed by atoms with van der Waals surface area (Å²) in [5.41, 5.74) is -0.00860. The van der Waals surface area contributed by atoms with E-state index in [2.05, 4.69) is 34.6 Å². The van der Waals surface area contributed by atoms with Crippen LogP contribution in [0, 0.1) is 17.3 Å². The van der Waals surface area contributed by atoms with Gasteiger partial charge in [-0.2, -0.15) is 0 Å². The molecule has 0 aromatic heterocycles. The zero-order chi connectivity index (χ0) is 13.9. The fourth-order valence-corrected chi connectivity index (χ4v) is 2.66. The van der Waals surface area contributed by atoms with Gasteiger partial charge in [0.1, 0.15) is 6.10 Å². The fourth-order valence-electron chi connectivity index (χ4n) is 2.66. The normalized spacial score (nSPS) is 20.3. The molecule has 3 heteroatoms. The van der Waals surface area contributed by atoms with E-state index in [-0.39, 0.29) is 11.3 Å². The van der Waals surface area contributed by atoms with Gasteiger partial charge >= 0.3 is 0 Å². The molecule has 1 aliphatic heterocycles. The van der Waals surface area contributed by atoms with E-state index in [0.717, 1.165) is 31.8 Å². The smallest absolute Gasteiger partial charge is 0.251 e. The van der Waals surface area contributed by atoms with E-state index < -0.39 is 6.10 Å². The Morgan fingerprint density at radius 1 is 1.28 bits per heavy atom. The first-order valence-corrected chi connectivity index (χ1v) is 7.17. The largest absolute Gasteiger partial charge is 0.383 e. The Morgan fingerprint density at radius 2 is 1.78 bits per heavy atom. The third-order valence-corrected chi connectivity index (χ3v) is 3.88. The van der Waals surface area contributed by atoms with Crippen molar-refractivity contribution in [3.05, 3.63) is 0 Å². The maximum absolute atomic E-state index is 12.1. The van der Waals surface area contributed by atoms with Crippen LogP contribution in [0.1, 0.15) is 53.9 Å². The van der Waals surface area contributed by atoms with Crippen molar-refractivity contribution in [3.8, 4) is 0 Å². The van der Waals surface area contributed by atoms with Crippen molar-refractivity contribution in [2.75, 3.05) is 13.1 Å². The van der Waals surface area contributed by atoms with E-state index in [4.69, 9.17) is 0 Å². The maximum atomic E-state index is 12.1. The van der Waals surface area contributed by atoms with Crippen LogP contribution in [0.5, 0.6) is 0 Å². The summed E-state index contributed by atoms with van der Waals surface area (Å²) in [7, 11) is 0. The maximum Gasteiger partial charge on any atom is 0.251 e. The van der Waals surface area contributed by atoms with Gasteiger partial charge in [-0.25, -0.2) is 0 Å². The summed E-state index contributed by atoms with van der Waals surface area (Å²) < 4.78 is 0. The Bertz CT molecular complexity index is 273. The molecule has 0 radical (unpaired) electrons. The summed E-state index contributed by atoms with van der Waals surface area (Å²) in [6.45, 7) is 12.3. The molecule has 0 saturated carbocycles. The summed E-state index contributed by atoms with van der Waals surface area (Å²) in [5.74, 6) is 1.35. The van der Waals surface area contributed by atoms with E-state index in [9.17, 15) is 9.90 Å². The molecule has 0 aromatic carbocycles. The number of carbonyl (C=O) groups excluding carboxylic acids is 1. The Hall–Kier alpha value is -0.570. The Balaban J connectivity index is 2.45. The van der Waals surface area contributed by atoms with Gasteiger partial charge in [0, 0.05) is 13.1 Å². The summed E-state index contributed by atoms with van der Waals surface area (Å²) in [4.78, 5) is 14.0. The van der Waals surface area contributed by atoms with Crippen LogP contribution in [0.4, 0.5) is 0 Å². The van der Waals surface area contributed by atoms with Gasteiger partial charge in [-0.3, -0.25) is 4.79 Å². The van der Waals surface area contributed by atoms with Crippen LogP contribution >= 0.6 is 0 Å². The van der Waals surface area contributed by atoms with Crippen molar-refractivity contribution in [1.82, 2.24) is 4.90 Å². The van der Waals surface area contributed by atoms with Crippen LogP contribution in [0.15, 0.2) is 0 Å². The number of rotatable bonds is 3. The summed E-state index contributed by atoms with van der Waals surface area (Å²) in [6.07, 6.45) is 1.85. The molecule has 0 bridgehead atoms. The number of aliphatic hydroxyl groups excluding tert-OH is 1. The van der Waals surface area contributed by atoms with Crippen molar-refractivity contribution in [1.29, 1.82) is 0 Å². The second-order valence-corrected chi connectivity index (χ2v) is 7.19. The molecule has 1 N–H and O–H groups in total. The molecule has 1 atom stereocenters. The van der Waals surface area contributed by atoms with Gasteiger partial charge in [-0.1, -0.05) is 34.6 Å². The molecule has 0 aliphatic carbocycles. The second-order valence-electron chi connectivity index (χ2n) is 7.19. The zero-order valence-corrected chi connectivity index (χ0v) is 12.6. The van der Waals surface area contributed by atoms with Crippen molar-refractivity contribution < 1.29 is 9.90 Å². The third kappa shape index (κ3) is 4.60. The number of aliphatic hydroxyl groups is 1. The van der Waals surface area contributed by atoms with Gasteiger partial charge in [0.05, 0.1) is 0 Å². The van der Waals surface area contributed by atoms with E-state index in [1.54, 1.807) is 0 Å². The van der Waals surface area contributed by atoms with E-state index in [1.807, 2.05) is 4.90 Å². The van der Waals surface area contributed by atoms with Gasteiger partial charge in [0.15, 0.2) is 0 Å². The van der Waals surface area contributed by atoms with Crippen LogP contribution in [0.2, 0.25) is 0 Å². The summed E-state index contributed by atoms with van der Waals surface area (Å²) >= 11 is 0. The third-order valence-electron chi connectivity index (χ3n) is 3.88. The highest BCUT2D eigenvalue weighted by molar-refractivity contribution is 5.80. The lowest BCUT2D eigenvalue weighted by molar-refractivity contribution is -0.143. The highest BCUT2D eigenvalue weighted by atomic mass is 16.3. The molecule has 1 heterocycles. The van der Waals surface area contributed by atoms with E-state index >= 15 is 0 Å². The highest BCUT2D eigenvalue weighted by Crippen LogP contribution is 2.26. The first-order valence-electron chi connectivity index (χ1n) is 7.17. The first-order chi connectivity index (χ1) is 8.20. The van der Waals surface area contributed by atoms with Gasteiger partial charge in [-0.05, 0) is 36.5 Å². The topological polar surface area (TPSA) is 40.5 Å². The van der Waals surface area contributed by atoms with Crippen molar-refractivity contribution in [2.24, 2.45) is 17.3 Å². The predicted octanol–water partition coefficient (Wildman–Crippen LogP) is 2.68. The minimum Gasteiger partial charge on any atom is -0.383 e. The van der Waals surface area contributed by atoms with Crippen LogP contribution < -0.4 is 0 Å². The molecule has 1 aliphatic rings. The summed E-state index contributed by atoms with van der Waals surface area (Å²) in [5, 5.41) is 9.99. The molecule has 106 valence electrons. The Morgan fingerprint density at radius 3 is 2.17 bits per heavy atom. The van der Waals surface area contributed by atoms with Gasteiger partial charge in [0.2, 0.25) is 0 Å². The SMILES string of the molecule is CC(C)C1CCN(C(=O)[C@@H](O)CC(C)(C)C)CC1. The average Bonchev–Trinajstić information content (AvgIpc) is 2.26. The minimum atomic E-state index is -0.833. The van der Waals surface area contributed by atoms with Crippen LogP contribution in [-0.4, -0.2) is 35.1 Å². The molecule has 18 heavy (non-hydrogen) atoms. The van der Waals surface area contributed by atoms with E-state index in [1.165, 1.54) is 0 Å². The number of piperidine rings is 1. The van der Waals surface area contributed by atoms with Crippen LogP contribution in [0.25, 0.3) is 0 Å².